The molecule has 41 heavy (non-hydrogen) atoms. The van der Waals surface area contributed by atoms with E-state index in [1.165, 1.54) is 76.8 Å². The number of urea groups is 1. The summed E-state index contributed by atoms with van der Waals surface area (Å²) in [5.74, 6) is 0.480. The van der Waals surface area contributed by atoms with Crippen LogP contribution in [0.3, 0.4) is 0 Å². The van der Waals surface area contributed by atoms with Crippen LogP contribution < -0.4 is 19.9 Å². The second kappa shape index (κ2) is 18.3. The van der Waals surface area contributed by atoms with E-state index in [4.69, 9.17) is 4.74 Å². The number of benzene rings is 2. The van der Waals surface area contributed by atoms with E-state index >= 15 is 0 Å². The first-order valence-electron chi connectivity index (χ1n) is 15.3. The van der Waals surface area contributed by atoms with Gasteiger partial charge in [-0.2, -0.15) is 4.57 Å². The van der Waals surface area contributed by atoms with Gasteiger partial charge in [-0.15, -0.1) is 0 Å². The molecule has 0 aliphatic rings. The Morgan fingerprint density at radius 3 is 2.07 bits per heavy atom. The molecule has 222 valence electrons. The maximum absolute atomic E-state index is 12.7. The maximum Gasteiger partial charge on any atom is 0.323 e. The lowest BCUT2D eigenvalue weighted by atomic mass is 10.1. The minimum absolute atomic E-state index is 0.0901. The molecule has 0 bridgehead atoms. The third-order valence-electron chi connectivity index (χ3n) is 7.29. The fourth-order valence-electron chi connectivity index (χ4n) is 4.89. The predicted octanol–water partition coefficient (Wildman–Crippen LogP) is 9.32. The second-order valence-corrected chi connectivity index (χ2v) is 11.6. The first-order chi connectivity index (χ1) is 20.0. The summed E-state index contributed by atoms with van der Waals surface area (Å²) in [6.07, 6.45) is 15.5. The van der Waals surface area contributed by atoms with Crippen LogP contribution in [0.5, 0.6) is 5.75 Å². The van der Waals surface area contributed by atoms with Crippen LogP contribution in [0.2, 0.25) is 0 Å². The number of aromatic nitrogens is 1. The summed E-state index contributed by atoms with van der Waals surface area (Å²) >= 11 is 1.67. The molecule has 1 heterocycles. The van der Waals surface area contributed by atoms with Crippen molar-refractivity contribution in [3.8, 4) is 5.75 Å². The SMILES string of the molecule is CCCCCCCCCCCCCCOc1ccc(NC(=O)Nc2cccc(C[n+]3cscc3C)c2)cc1C(C)=O. The molecule has 1 aromatic heterocycles. The zero-order chi connectivity index (χ0) is 29.3. The molecule has 0 aliphatic heterocycles. The molecule has 2 N–H and O–H groups in total. The summed E-state index contributed by atoms with van der Waals surface area (Å²) < 4.78 is 8.14. The van der Waals surface area contributed by atoms with Crippen molar-refractivity contribution in [3.05, 3.63) is 70.2 Å². The molecule has 6 nitrogen and oxygen atoms in total. The number of ketones is 1. The van der Waals surface area contributed by atoms with Gasteiger partial charge in [0, 0.05) is 23.9 Å². The molecule has 3 rings (SSSR count). The molecule has 0 unspecified atom stereocenters. The van der Waals surface area contributed by atoms with Gasteiger partial charge in [0.05, 0.1) is 17.6 Å². The number of ether oxygens (including phenoxy) is 1. The molecule has 3 aromatic rings. The van der Waals surface area contributed by atoms with Crippen molar-refractivity contribution in [3.63, 3.8) is 0 Å². The summed E-state index contributed by atoms with van der Waals surface area (Å²) in [7, 11) is 0. The van der Waals surface area contributed by atoms with Gasteiger partial charge in [-0.05, 0) is 43.7 Å². The minimum Gasteiger partial charge on any atom is -0.493 e. The first-order valence-corrected chi connectivity index (χ1v) is 16.3. The van der Waals surface area contributed by atoms with E-state index in [2.05, 4.69) is 39.9 Å². The summed E-state index contributed by atoms with van der Waals surface area (Å²) in [4.78, 5) is 25.0. The fourth-order valence-corrected chi connectivity index (χ4v) is 5.67. The largest absolute Gasteiger partial charge is 0.493 e. The molecule has 0 saturated heterocycles. The van der Waals surface area contributed by atoms with Crippen molar-refractivity contribution in [1.82, 2.24) is 0 Å². The van der Waals surface area contributed by atoms with Gasteiger partial charge in [0.1, 0.15) is 5.75 Å². The average Bonchev–Trinajstić information content (AvgIpc) is 3.35. The van der Waals surface area contributed by atoms with Crippen LogP contribution in [0.1, 0.15) is 113 Å². The van der Waals surface area contributed by atoms with E-state index in [1.54, 1.807) is 29.5 Å². The van der Waals surface area contributed by atoms with Gasteiger partial charge < -0.3 is 15.4 Å². The van der Waals surface area contributed by atoms with Crippen molar-refractivity contribution >= 4 is 34.5 Å². The maximum atomic E-state index is 12.7. The molecule has 0 radical (unpaired) electrons. The normalized spacial score (nSPS) is 10.9. The van der Waals surface area contributed by atoms with Crippen LogP contribution >= 0.6 is 11.3 Å². The number of hydrogen-bond donors (Lipinski definition) is 2. The molecule has 2 amide bonds. The zero-order valence-corrected chi connectivity index (χ0v) is 26.0. The molecule has 0 saturated carbocycles. The van der Waals surface area contributed by atoms with Crippen molar-refractivity contribution in [2.24, 2.45) is 0 Å². The highest BCUT2D eigenvalue weighted by Crippen LogP contribution is 2.24. The molecule has 0 aliphatic carbocycles. The molecule has 7 heteroatoms. The number of nitrogens with one attached hydrogen (secondary N) is 2. The number of unbranched alkanes of at least 4 members (excludes halogenated alkanes) is 11. The molecule has 0 spiro atoms. The quantitative estimate of drug-likeness (QED) is 0.0846. The number of hydrogen-bond acceptors (Lipinski definition) is 4. The Labute approximate surface area is 250 Å². The third kappa shape index (κ3) is 12.1. The van der Waals surface area contributed by atoms with Crippen LogP contribution in [0.15, 0.2) is 53.4 Å². The Balaban J connectivity index is 1.38. The van der Waals surface area contributed by atoms with E-state index in [1.807, 2.05) is 24.3 Å². The highest BCUT2D eigenvalue weighted by atomic mass is 32.1. The number of carbonyl (C=O) groups excluding carboxylic acids is 2. The second-order valence-electron chi connectivity index (χ2n) is 10.9. The van der Waals surface area contributed by atoms with Gasteiger partial charge in [-0.1, -0.05) is 101 Å². The molecule has 0 atom stereocenters. The monoisotopic (exact) mass is 578 g/mol. The predicted molar refractivity (Wildman–Crippen MR) is 170 cm³/mol. The van der Waals surface area contributed by atoms with Crippen LogP contribution in [0, 0.1) is 6.92 Å². The van der Waals surface area contributed by atoms with Gasteiger partial charge >= 0.3 is 6.03 Å². The third-order valence-corrected chi connectivity index (χ3v) is 8.14. The number of thiazole rings is 1. The van der Waals surface area contributed by atoms with Gasteiger partial charge in [-0.3, -0.25) is 4.79 Å². The molecular formula is C34H48N3O3S+. The smallest absolute Gasteiger partial charge is 0.323 e. The average molecular weight is 579 g/mol. The Bertz CT molecular complexity index is 1220. The summed E-state index contributed by atoms with van der Waals surface area (Å²) in [6, 6.07) is 12.7. The number of anilines is 2. The molecule has 0 fully saturated rings. The zero-order valence-electron chi connectivity index (χ0n) is 25.2. The topological polar surface area (TPSA) is 71.3 Å². The van der Waals surface area contributed by atoms with E-state index in [0.29, 0.717) is 29.3 Å². The van der Waals surface area contributed by atoms with E-state index < -0.39 is 0 Å². The van der Waals surface area contributed by atoms with Gasteiger partial charge in [0.25, 0.3) is 0 Å². The Morgan fingerprint density at radius 2 is 1.46 bits per heavy atom. The minimum atomic E-state index is -0.360. The summed E-state index contributed by atoms with van der Waals surface area (Å²) in [5, 5.41) is 7.85. The Morgan fingerprint density at radius 1 is 0.829 bits per heavy atom. The van der Waals surface area contributed by atoms with Crippen molar-refractivity contribution in [1.29, 1.82) is 0 Å². The number of Topliss-reactive ketones (excluding diaryl/α,β-unsaturated/α-hetero) is 1. The van der Waals surface area contributed by atoms with E-state index in [-0.39, 0.29) is 11.8 Å². The first kappa shape index (κ1) is 32.3. The van der Waals surface area contributed by atoms with E-state index in [9.17, 15) is 9.59 Å². The number of aryl methyl sites for hydroxylation is 1. The number of amides is 2. The van der Waals surface area contributed by atoms with Crippen LogP contribution in [-0.4, -0.2) is 18.4 Å². The fraction of sp³-hybridized carbons (Fsp3) is 0.500. The van der Waals surface area contributed by atoms with Crippen LogP contribution in [-0.2, 0) is 6.54 Å². The van der Waals surface area contributed by atoms with Gasteiger partial charge in [0.15, 0.2) is 18.0 Å². The van der Waals surface area contributed by atoms with Crippen LogP contribution in [0.25, 0.3) is 0 Å². The Hall–Kier alpha value is -3.19. The van der Waals surface area contributed by atoms with E-state index in [0.717, 1.165) is 24.9 Å². The van der Waals surface area contributed by atoms with Crippen molar-refractivity contribution in [2.75, 3.05) is 17.2 Å². The summed E-state index contributed by atoms with van der Waals surface area (Å²) in [6.45, 7) is 7.20. The lowest BCUT2D eigenvalue weighted by Crippen LogP contribution is -2.34. The number of carbonyl (C=O) groups is 2. The molecular weight excluding hydrogens is 530 g/mol. The van der Waals surface area contributed by atoms with Gasteiger partial charge in [0.2, 0.25) is 5.51 Å². The van der Waals surface area contributed by atoms with Gasteiger partial charge in [-0.25, -0.2) is 4.79 Å². The van der Waals surface area contributed by atoms with Crippen molar-refractivity contribution < 1.29 is 18.9 Å². The summed E-state index contributed by atoms with van der Waals surface area (Å²) in [5.41, 5.74) is 6.12. The highest BCUT2D eigenvalue weighted by molar-refractivity contribution is 7.07. The molecule has 2 aromatic carbocycles. The number of nitrogens with zero attached hydrogens (tertiary/aromatic N) is 1. The van der Waals surface area contributed by atoms with Crippen LogP contribution in [0.4, 0.5) is 16.2 Å². The van der Waals surface area contributed by atoms with Crippen molar-refractivity contribution in [2.45, 2.75) is 104 Å². The standard InChI is InChI=1S/C34H47N3O3S/c1-4-5-6-7-8-9-10-11-12-13-14-15-21-40-33-20-19-31(23-32(33)28(3)38)36-34(39)35-30-18-16-17-29(22-30)24-37-26-41-25-27(37)2/h16-20,22-23,25-26H,4-15,21,24H2,1-3H3,(H-,35,36,39)/p+1. The number of rotatable bonds is 19. The lowest BCUT2D eigenvalue weighted by Gasteiger charge is -2.13. The Kier molecular flexibility index (Phi) is 14.4. The lowest BCUT2D eigenvalue weighted by molar-refractivity contribution is -0.689. The highest BCUT2D eigenvalue weighted by Gasteiger charge is 2.13.